The first-order valence-electron chi connectivity index (χ1n) is 10.5. The van der Waals surface area contributed by atoms with E-state index < -0.39 is 0 Å². The van der Waals surface area contributed by atoms with Crippen molar-refractivity contribution in [1.82, 2.24) is 20.1 Å². The molecule has 164 valence electrons. The fourth-order valence-corrected chi connectivity index (χ4v) is 3.49. The van der Waals surface area contributed by atoms with E-state index in [0.29, 0.717) is 36.7 Å². The molecule has 0 aliphatic heterocycles. The number of hydrogen-bond acceptors (Lipinski definition) is 5. The highest BCUT2D eigenvalue weighted by atomic mass is 32.1. The summed E-state index contributed by atoms with van der Waals surface area (Å²) in [6.45, 7) is 4.55. The van der Waals surface area contributed by atoms with Crippen molar-refractivity contribution in [3.8, 4) is 17.1 Å². The van der Waals surface area contributed by atoms with Gasteiger partial charge in [-0.3, -0.25) is 14.5 Å². The number of rotatable bonds is 11. The molecule has 7 nitrogen and oxygen atoms in total. The smallest absolute Gasteiger partial charge is 0.221 e. The zero-order valence-electron chi connectivity index (χ0n) is 18.0. The summed E-state index contributed by atoms with van der Waals surface area (Å²) in [5.41, 5.74) is 2.09. The zero-order chi connectivity index (χ0) is 22.1. The van der Waals surface area contributed by atoms with Gasteiger partial charge in [-0.25, -0.2) is 0 Å². The number of nitrogens with one attached hydrogen (secondary N) is 2. The highest BCUT2D eigenvalue weighted by Gasteiger charge is 2.11. The molecule has 2 N–H and O–H groups in total. The molecule has 0 spiro atoms. The van der Waals surface area contributed by atoms with E-state index in [1.54, 1.807) is 0 Å². The minimum Gasteiger partial charge on any atom is -0.494 e. The highest BCUT2D eigenvalue weighted by Crippen LogP contribution is 2.21. The van der Waals surface area contributed by atoms with Gasteiger partial charge in [0.15, 0.2) is 10.6 Å². The Hall–Kier alpha value is -3.13. The second kappa shape index (κ2) is 11.3. The number of para-hydroxylation sites is 1. The van der Waals surface area contributed by atoms with Crippen molar-refractivity contribution < 1.29 is 9.53 Å². The molecule has 1 amide bonds. The Morgan fingerprint density at radius 2 is 1.94 bits per heavy atom. The van der Waals surface area contributed by atoms with Gasteiger partial charge in [-0.2, -0.15) is 5.10 Å². The Morgan fingerprint density at radius 1 is 1.19 bits per heavy atom. The third kappa shape index (κ3) is 6.42. The van der Waals surface area contributed by atoms with Crippen LogP contribution in [0.4, 0.5) is 5.69 Å². The van der Waals surface area contributed by atoms with Gasteiger partial charge in [0.1, 0.15) is 5.75 Å². The molecule has 0 aliphatic rings. The van der Waals surface area contributed by atoms with E-state index in [-0.39, 0.29) is 5.91 Å². The number of aromatic nitrogens is 3. The Bertz CT molecular complexity index is 1010. The van der Waals surface area contributed by atoms with Crippen LogP contribution in [0.5, 0.6) is 5.75 Å². The second-order valence-electron chi connectivity index (χ2n) is 7.17. The molecule has 0 bridgehead atoms. The normalized spacial score (nSPS) is 10.6. The lowest BCUT2D eigenvalue weighted by Gasteiger charge is -2.19. The summed E-state index contributed by atoms with van der Waals surface area (Å²) in [4.78, 5) is 14.5. The van der Waals surface area contributed by atoms with Crippen LogP contribution >= 0.6 is 12.2 Å². The number of hydrogen-bond donors (Lipinski definition) is 2. The molecule has 1 aromatic heterocycles. The van der Waals surface area contributed by atoms with Crippen molar-refractivity contribution in [3.63, 3.8) is 0 Å². The van der Waals surface area contributed by atoms with Crippen molar-refractivity contribution in [2.75, 3.05) is 31.6 Å². The van der Waals surface area contributed by atoms with E-state index in [2.05, 4.69) is 39.6 Å². The van der Waals surface area contributed by atoms with Crippen molar-refractivity contribution >= 4 is 23.8 Å². The van der Waals surface area contributed by atoms with E-state index in [0.717, 1.165) is 24.3 Å². The largest absolute Gasteiger partial charge is 0.494 e. The first-order chi connectivity index (χ1) is 15.1. The summed E-state index contributed by atoms with van der Waals surface area (Å²) in [6, 6.07) is 17.9. The molecule has 3 rings (SSSR count). The summed E-state index contributed by atoms with van der Waals surface area (Å²) in [6.07, 6.45) is 1.21. The first-order valence-corrected chi connectivity index (χ1v) is 10.9. The number of amides is 1. The number of benzene rings is 2. The average molecular weight is 440 g/mol. The van der Waals surface area contributed by atoms with E-state index in [1.165, 1.54) is 5.69 Å². The summed E-state index contributed by atoms with van der Waals surface area (Å²) >= 11 is 5.36. The Balaban J connectivity index is 1.47. The van der Waals surface area contributed by atoms with Crippen molar-refractivity contribution in [1.29, 1.82) is 0 Å². The average Bonchev–Trinajstić information content (AvgIpc) is 3.16. The molecule has 31 heavy (non-hydrogen) atoms. The monoisotopic (exact) mass is 439 g/mol. The summed E-state index contributed by atoms with van der Waals surface area (Å²) in [5.74, 6) is 1.53. The van der Waals surface area contributed by atoms with Crippen LogP contribution < -0.4 is 15.0 Å². The lowest BCUT2D eigenvalue weighted by Crippen LogP contribution is -2.28. The number of ether oxygens (including phenoxy) is 1. The van der Waals surface area contributed by atoms with Crippen LogP contribution in [-0.4, -0.2) is 47.4 Å². The van der Waals surface area contributed by atoms with Gasteiger partial charge in [-0.05, 0) is 62.0 Å². The Kier molecular flexibility index (Phi) is 8.23. The van der Waals surface area contributed by atoms with Gasteiger partial charge in [0, 0.05) is 44.4 Å². The van der Waals surface area contributed by atoms with Gasteiger partial charge in [0.25, 0.3) is 0 Å². The molecule has 0 saturated heterocycles. The van der Waals surface area contributed by atoms with Crippen LogP contribution in [-0.2, 0) is 11.3 Å². The standard InChI is InChI=1S/C23H29N5O2S/c1-3-30-20-12-10-18(11-13-20)22-25-26-23(31)28(22)17-14-21(29)24-15-7-16-27(2)19-8-5-4-6-9-19/h4-6,8-13H,3,7,14-17H2,1-2H3,(H,24,29)(H,26,31). The van der Waals surface area contributed by atoms with E-state index in [1.807, 2.05) is 54.0 Å². The first kappa shape index (κ1) is 22.6. The lowest BCUT2D eigenvalue weighted by molar-refractivity contribution is -0.121. The fraction of sp³-hybridized carbons (Fsp3) is 0.348. The number of anilines is 1. The third-order valence-corrected chi connectivity index (χ3v) is 5.25. The van der Waals surface area contributed by atoms with Crippen LogP contribution in [0, 0.1) is 4.77 Å². The molecule has 0 unspecified atom stereocenters. The van der Waals surface area contributed by atoms with E-state index >= 15 is 0 Å². The van der Waals surface area contributed by atoms with Gasteiger partial charge >= 0.3 is 0 Å². The maximum absolute atomic E-state index is 12.3. The molecule has 0 saturated carbocycles. The summed E-state index contributed by atoms with van der Waals surface area (Å²) < 4.78 is 7.84. The van der Waals surface area contributed by atoms with E-state index in [4.69, 9.17) is 17.0 Å². The van der Waals surface area contributed by atoms with Crippen LogP contribution in [0.15, 0.2) is 54.6 Å². The van der Waals surface area contributed by atoms with Crippen LogP contribution in [0.3, 0.4) is 0 Å². The third-order valence-electron chi connectivity index (χ3n) is 4.93. The number of H-pyrrole nitrogens is 1. The van der Waals surface area contributed by atoms with Gasteiger partial charge in [0.2, 0.25) is 5.91 Å². The zero-order valence-corrected chi connectivity index (χ0v) is 18.8. The molecule has 0 radical (unpaired) electrons. The van der Waals surface area contributed by atoms with Gasteiger partial charge in [-0.15, -0.1) is 0 Å². The summed E-state index contributed by atoms with van der Waals surface area (Å²) in [7, 11) is 2.06. The molecule has 1 heterocycles. The second-order valence-corrected chi connectivity index (χ2v) is 7.56. The van der Waals surface area contributed by atoms with E-state index in [9.17, 15) is 4.79 Å². The number of carbonyl (C=O) groups excluding carboxylic acids is 1. The van der Waals surface area contributed by atoms with Gasteiger partial charge < -0.3 is 15.0 Å². The van der Waals surface area contributed by atoms with Crippen LogP contribution in [0.25, 0.3) is 11.4 Å². The Morgan fingerprint density at radius 3 is 2.65 bits per heavy atom. The predicted octanol–water partition coefficient (Wildman–Crippen LogP) is 4.04. The predicted molar refractivity (Wildman–Crippen MR) is 126 cm³/mol. The van der Waals surface area contributed by atoms with Crippen molar-refractivity contribution in [3.05, 3.63) is 59.4 Å². The van der Waals surface area contributed by atoms with Gasteiger partial charge in [0.05, 0.1) is 6.61 Å². The minimum atomic E-state index is 0.00288. The summed E-state index contributed by atoms with van der Waals surface area (Å²) in [5, 5.41) is 10.1. The minimum absolute atomic E-state index is 0.00288. The molecule has 0 aliphatic carbocycles. The number of carbonyl (C=O) groups is 1. The molecular weight excluding hydrogens is 410 g/mol. The molecule has 2 aromatic carbocycles. The maximum Gasteiger partial charge on any atom is 0.221 e. The fourth-order valence-electron chi connectivity index (χ4n) is 3.27. The van der Waals surface area contributed by atoms with Crippen LogP contribution in [0.2, 0.25) is 0 Å². The van der Waals surface area contributed by atoms with Gasteiger partial charge in [-0.1, -0.05) is 18.2 Å². The molecular formula is C23H29N5O2S. The quantitative estimate of drug-likeness (QED) is 0.348. The number of aromatic amines is 1. The van der Waals surface area contributed by atoms with Crippen molar-refractivity contribution in [2.24, 2.45) is 0 Å². The Labute approximate surface area is 188 Å². The molecule has 3 aromatic rings. The molecule has 0 atom stereocenters. The lowest BCUT2D eigenvalue weighted by atomic mass is 10.2. The maximum atomic E-state index is 12.3. The SMILES string of the molecule is CCOc1ccc(-c2n[nH]c(=S)n2CCC(=O)NCCCN(C)c2ccccc2)cc1. The topological polar surface area (TPSA) is 75.2 Å². The molecule has 8 heteroatoms. The molecule has 0 fully saturated rings. The highest BCUT2D eigenvalue weighted by molar-refractivity contribution is 7.71. The number of nitrogens with zero attached hydrogens (tertiary/aromatic N) is 3. The van der Waals surface area contributed by atoms with Crippen LogP contribution in [0.1, 0.15) is 19.8 Å². The van der Waals surface area contributed by atoms with Crippen molar-refractivity contribution in [2.45, 2.75) is 26.3 Å².